The van der Waals surface area contributed by atoms with Crippen molar-refractivity contribution in [3.63, 3.8) is 0 Å². The lowest BCUT2D eigenvalue weighted by molar-refractivity contribution is -0.133. The highest BCUT2D eigenvalue weighted by atomic mass is 35.5. The van der Waals surface area contributed by atoms with Crippen LogP contribution in [0.25, 0.3) is 11.4 Å². The smallest absolute Gasteiger partial charge is 0.318 e. The molecule has 1 saturated heterocycles. The van der Waals surface area contributed by atoms with Crippen LogP contribution in [0.3, 0.4) is 0 Å². The van der Waals surface area contributed by atoms with E-state index in [1.807, 2.05) is 0 Å². The van der Waals surface area contributed by atoms with Gasteiger partial charge in [0.05, 0.1) is 0 Å². The molecule has 0 bridgehead atoms. The minimum absolute atomic E-state index is 0.0644. The molecule has 0 aliphatic carbocycles. The summed E-state index contributed by atoms with van der Waals surface area (Å²) in [5, 5.41) is 7.32. The number of aromatic nitrogens is 2. The van der Waals surface area contributed by atoms with E-state index in [0.717, 1.165) is 5.56 Å². The molecule has 9 heteroatoms. The first kappa shape index (κ1) is 17.2. The number of urea groups is 1. The van der Waals surface area contributed by atoms with Crippen molar-refractivity contribution in [3.05, 3.63) is 35.2 Å². The van der Waals surface area contributed by atoms with Crippen LogP contribution in [0.15, 0.2) is 28.8 Å². The highest BCUT2D eigenvalue weighted by Gasteiger charge is 2.26. The van der Waals surface area contributed by atoms with Crippen molar-refractivity contribution in [2.24, 2.45) is 0 Å². The zero-order valence-electron chi connectivity index (χ0n) is 13.9. The molecule has 1 aliphatic heterocycles. The Morgan fingerprint density at radius 3 is 2.72 bits per heavy atom. The predicted molar refractivity (Wildman–Crippen MR) is 90.9 cm³/mol. The SMILES string of the molecule is CC(NC(=O)N1CCN(C)C(=O)C1)c1nc(-c2ccc(Cl)cc2)no1. The van der Waals surface area contributed by atoms with Crippen molar-refractivity contribution in [2.75, 3.05) is 26.7 Å². The van der Waals surface area contributed by atoms with Crippen molar-refractivity contribution < 1.29 is 14.1 Å². The third kappa shape index (κ3) is 3.90. The Morgan fingerprint density at radius 2 is 2.04 bits per heavy atom. The molecule has 25 heavy (non-hydrogen) atoms. The maximum absolute atomic E-state index is 12.3. The fourth-order valence-electron chi connectivity index (χ4n) is 2.40. The van der Waals surface area contributed by atoms with Gasteiger partial charge in [-0.2, -0.15) is 4.98 Å². The van der Waals surface area contributed by atoms with Crippen molar-refractivity contribution in [1.29, 1.82) is 0 Å². The zero-order valence-corrected chi connectivity index (χ0v) is 14.7. The van der Waals surface area contributed by atoms with Gasteiger partial charge >= 0.3 is 6.03 Å². The summed E-state index contributed by atoms with van der Waals surface area (Å²) in [6.07, 6.45) is 0. The molecule has 3 rings (SSSR count). The minimum atomic E-state index is -0.476. The second-order valence-electron chi connectivity index (χ2n) is 5.87. The van der Waals surface area contributed by atoms with Gasteiger partial charge in [-0.05, 0) is 31.2 Å². The Balaban J connectivity index is 1.63. The van der Waals surface area contributed by atoms with Crippen molar-refractivity contribution >= 4 is 23.5 Å². The molecular formula is C16H18ClN5O3. The standard InChI is InChI=1S/C16H18ClN5O3/c1-10(18-16(24)22-8-7-21(2)13(23)9-22)15-19-14(20-25-15)11-3-5-12(17)6-4-11/h3-6,10H,7-9H2,1-2H3,(H,18,24). The van der Waals surface area contributed by atoms with E-state index in [1.165, 1.54) is 4.90 Å². The second-order valence-corrected chi connectivity index (χ2v) is 6.31. The Kier molecular flexibility index (Phi) is 4.89. The molecule has 1 fully saturated rings. The quantitative estimate of drug-likeness (QED) is 0.899. The Labute approximate surface area is 149 Å². The molecule has 0 saturated carbocycles. The highest BCUT2D eigenvalue weighted by molar-refractivity contribution is 6.30. The molecule has 0 spiro atoms. The van der Waals surface area contributed by atoms with E-state index < -0.39 is 6.04 Å². The van der Waals surface area contributed by atoms with E-state index in [0.29, 0.717) is 29.8 Å². The summed E-state index contributed by atoms with van der Waals surface area (Å²) in [6, 6.07) is 6.24. The number of carbonyl (C=O) groups is 2. The van der Waals surface area contributed by atoms with Gasteiger partial charge in [0.25, 0.3) is 0 Å². The normalized spacial score (nSPS) is 16.0. The lowest BCUT2D eigenvalue weighted by atomic mass is 10.2. The first-order valence-electron chi connectivity index (χ1n) is 7.83. The molecule has 3 amide bonds. The number of nitrogens with zero attached hydrogens (tertiary/aromatic N) is 4. The number of halogens is 1. The van der Waals surface area contributed by atoms with E-state index in [1.54, 1.807) is 43.1 Å². The molecule has 2 heterocycles. The second kappa shape index (κ2) is 7.10. The molecule has 8 nitrogen and oxygen atoms in total. The van der Waals surface area contributed by atoms with Crippen LogP contribution >= 0.6 is 11.6 Å². The van der Waals surface area contributed by atoms with Crippen LogP contribution in [0.5, 0.6) is 0 Å². The molecule has 1 atom stereocenters. The molecule has 1 aromatic carbocycles. The summed E-state index contributed by atoms with van der Waals surface area (Å²) in [5.74, 6) is 0.623. The van der Waals surface area contributed by atoms with Crippen LogP contribution in [0.2, 0.25) is 5.02 Å². The predicted octanol–water partition coefficient (Wildman–Crippen LogP) is 1.93. The number of hydrogen-bond acceptors (Lipinski definition) is 5. The number of benzene rings is 1. The van der Waals surface area contributed by atoms with Crippen LogP contribution in [-0.4, -0.2) is 58.6 Å². The summed E-state index contributed by atoms with van der Waals surface area (Å²) in [4.78, 5) is 31.4. The maximum atomic E-state index is 12.3. The Hall–Kier alpha value is -2.61. The molecule has 132 valence electrons. The lowest BCUT2D eigenvalue weighted by Crippen LogP contribution is -2.53. The van der Waals surface area contributed by atoms with Gasteiger partial charge in [-0.15, -0.1) is 0 Å². The van der Waals surface area contributed by atoms with Gasteiger partial charge in [-0.3, -0.25) is 4.79 Å². The monoisotopic (exact) mass is 363 g/mol. The van der Waals surface area contributed by atoms with E-state index in [4.69, 9.17) is 16.1 Å². The van der Waals surface area contributed by atoms with E-state index in [-0.39, 0.29) is 18.5 Å². The largest absolute Gasteiger partial charge is 0.342 e. The lowest BCUT2D eigenvalue weighted by Gasteiger charge is -2.32. The van der Waals surface area contributed by atoms with E-state index in [2.05, 4.69) is 15.5 Å². The van der Waals surface area contributed by atoms with Crippen LogP contribution in [0.4, 0.5) is 4.79 Å². The average Bonchev–Trinajstić information content (AvgIpc) is 3.08. The number of amides is 3. The summed E-state index contributed by atoms with van der Waals surface area (Å²) < 4.78 is 5.23. The maximum Gasteiger partial charge on any atom is 0.318 e. The molecule has 0 radical (unpaired) electrons. The molecule has 1 aromatic heterocycles. The van der Waals surface area contributed by atoms with Gasteiger partial charge in [0.1, 0.15) is 12.6 Å². The van der Waals surface area contributed by atoms with Crippen molar-refractivity contribution in [1.82, 2.24) is 25.3 Å². The fraction of sp³-hybridized carbons (Fsp3) is 0.375. The molecule has 2 aromatic rings. The topological polar surface area (TPSA) is 91.6 Å². The summed E-state index contributed by atoms with van der Waals surface area (Å²) in [5.41, 5.74) is 0.766. The zero-order chi connectivity index (χ0) is 18.0. The van der Waals surface area contributed by atoms with Gasteiger partial charge in [0.15, 0.2) is 0 Å². The third-order valence-corrected chi connectivity index (χ3v) is 4.25. The van der Waals surface area contributed by atoms with Gasteiger partial charge in [-0.1, -0.05) is 16.8 Å². The van der Waals surface area contributed by atoms with Crippen LogP contribution in [0, 0.1) is 0 Å². The minimum Gasteiger partial charge on any atom is -0.342 e. The van der Waals surface area contributed by atoms with E-state index in [9.17, 15) is 9.59 Å². The number of nitrogens with one attached hydrogen (secondary N) is 1. The first-order chi connectivity index (χ1) is 11.9. The number of piperazine rings is 1. The Morgan fingerprint density at radius 1 is 1.32 bits per heavy atom. The molecule has 1 unspecified atom stereocenters. The summed E-state index contributed by atoms with van der Waals surface area (Å²) in [6.45, 7) is 2.81. The summed E-state index contributed by atoms with van der Waals surface area (Å²) in [7, 11) is 1.72. The fourth-order valence-corrected chi connectivity index (χ4v) is 2.52. The van der Waals surface area contributed by atoms with Gasteiger partial charge in [0, 0.05) is 30.7 Å². The van der Waals surface area contributed by atoms with Gasteiger partial charge in [0.2, 0.25) is 17.6 Å². The highest BCUT2D eigenvalue weighted by Crippen LogP contribution is 2.20. The number of hydrogen-bond donors (Lipinski definition) is 1. The van der Waals surface area contributed by atoms with Gasteiger partial charge in [-0.25, -0.2) is 4.79 Å². The van der Waals surface area contributed by atoms with Gasteiger partial charge < -0.3 is 19.6 Å². The van der Waals surface area contributed by atoms with Crippen molar-refractivity contribution in [3.8, 4) is 11.4 Å². The Bertz CT molecular complexity index is 776. The van der Waals surface area contributed by atoms with Crippen LogP contribution in [0.1, 0.15) is 18.9 Å². The molecule has 1 aliphatic rings. The van der Waals surface area contributed by atoms with Crippen LogP contribution in [-0.2, 0) is 4.79 Å². The average molecular weight is 364 g/mol. The number of likely N-dealkylation sites (N-methyl/N-ethyl adjacent to an activating group) is 1. The first-order valence-corrected chi connectivity index (χ1v) is 8.21. The number of rotatable bonds is 3. The molecular weight excluding hydrogens is 346 g/mol. The summed E-state index contributed by atoms with van der Waals surface area (Å²) >= 11 is 5.86. The van der Waals surface area contributed by atoms with Crippen LogP contribution < -0.4 is 5.32 Å². The van der Waals surface area contributed by atoms with E-state index >= 15 is 0 Å². The number of carbonyl (C=O) groups excluding carboxylic acids is 2. The van der Waals surface area contributed by atoms with Crippen molar-refractivity contribution in [2.45, 2.75) is 13.0 Å². The molecule has 1 N–H and O–H groups in total. The third-order valence-electron chi connectivity index (χ3n) is 4.00.